The number of nitrogens with zero attached hydrogens (tertiary/aromatic N) is 3. The summed E-state index contributed by atoms with van der Waals surface area (Å²) in [7, 11) is 0. The minimum absolute atomic E-state index is 0.261. The molecule has 2 atom stereocenters. The molecule has 17 heavy (non-hydrogen) atoms. The second kappa shape index (κ2) is 4.74. The number of aliphatic hydroxyl groups is 1. The molecule has 2 aliphatic rings. The summed E-state index contributed by atoms with van der Waals surface area (Å²) in [6.45, 7) is 1.46. The van der Waals surface area contributed by atoms with E-state index in [0.29, 0.717) is 6.54 Å². The van der Waals surface area contributed by atoms with Crippen LogP contribution < -0.4 is 0 Å². The summed E-state index contributed by atoms with van der Waals surface area (Å²) >= 11 is 0. The fourth-order valence-electron chi connectivity index (χ4n) is 2.60. The van der Waals surface area contributed by atoms with Gasteiger partial charge in [-0.05, 0) is 25.7 Å². The van der Waals surface area contributed by atoms with Gasteiger partial charge >= 0.3 is 0 Å². The normalized spacial score (nSPS) is 29.0. The Balaban J connectivity index is 1.67. The lowest BCUT2D eigenvalue weighted by atomic mass is 10.1. The van der Waals surface area contributed by atoms with E-state index in [0.717, 1.165) is 43.9 Å². The summed E-state index contributed by atoms with van der Waals surface area (Å²) in [6, 6.07) is 0. The summed E-state index contributed by atoms with van der Waals surface area (Å²) in [4.78, 5) is 4.54. The fourth-order valence-corrected chi connectivity index (χ4v) is 2.60. The third-order valence-corrected chi connectivity index (χ3v) is 3.56. The Labute approximate surface area is 101 Å². The van der Waals surface area contributed by atoms with Gasteiger partial charge in [0.15, 0.2) is 5.82 Å². The van der Waals surface area contributed by atoms with Crippen molar-refractivity contribution in [3.05, 3.63) is 11.6 Å². The molecule has 2 unspecified atom stereocenters. The maximum Gasteiger partial charge on any atom is 0.153 e. The zero-order valence-corrected chi connectivity index (χ0v) is 10.0. The van der Waals surface area contributed by atoms with Gasteiger partial charge in [0.25, 0.3) is 0 Å². The van der Waals surface area contributed by atoms with Crippen LogP contribution in [0.3, 0.4) is 0 Å². The van der Waals surface area contributed by atoms with E-state index in [1.54, 1.807) is 0 Å². The third-order valence-electron chi connectivity index (χ3n) is 3.56. The van der Waals surface area contributed by atoms with Crippen LogP contribution in [0.1, 0.15) is 37.3 Å². The molecule has 0 saturated carbocycles. The van der Waals surface area contributed by atoms with E-state index in [2.05, 4.69) is 10.1 Å². The molecular weight excluding hydrogens is 218 g/mol. The largest absolute Gasteiger partial charge is 0.391 e. The van der Waals surface area contributed by atoms with Crippen LogP contribution in [-0.2, 0) is 24.1 Å². The molecule has 94 valence electrons. The number of hydrogen-bond acceptors (Lipinski definition) is 4. The minimum atomic E-state index is -0.261. The molecule has 5 nitrogen and oxygen atoms in total. The number of aromatic nitrogens is 3. The lowest BCUT2D eigenvalue weighted by Crippen LogP contribution is -2.25. The highest BCUT2D eigenvalue weighted by Gasteiger charge is 2.22. The zero-order valence-electron chi connectivity index (χ0n) is 10.0. The molecule has 3 rings (SSSR count). The first-order chi connectivity index (χ1) is 8.31. The van der Waals surface area contributed by atoms with Crippen molar-refractivity contribution in [1.29, 1.82) is 0 Å². The molecule has 3 heterocycles. The van der Waals surface area contributed by atoms with E-state index in [1.807, 2.05) is 4.68 Å². The number of ether oxygens (including phenoxy) is 1. The Kier molecular flexibility index (Phi) is 3.11. The smallest absolute Gasteiger partial charge is 0.153 e. The second-order valence-electron chi connectivity index (χ2n) is 5.01. The Morgan fingerprint density at radius 1 is 1.35 bits per heavy atom. The molecule has 0 amide bonds. The lowest BCUT2D eigenvalue weighted by Gasteiger charge is -2.21. The van der Waals surface area contributed by atoms with E-state index in [1.165, 1.54) is 12.8 Å². The van der Waals surface area contributed by atoms with Crippen LogP contribution in [0.4, 0.5) is 0 Å². The van der Waals surface area contributed by atoms with Crippen LogP contribution in [0.25, 0.3) is 0 Å². The molecule has 0 radical (unpaired) electrons. The van der Waals surface area contributed by atoms with Crippen molar-refractivity contribution < 1.29 is 9.84 Å². The molecule has 2 aliphatic heterocycles. The monoisotopic (exact) mass is 237 g/mol. The van der Waals surface area contributed by atoms with Crippen LogP contribution >= 0.6 is 0 Å². The van der Waals surface area contributed by atoms with Crippen molar-refractivity contribution in [2.75, 3.05) is 6.61 Å². The summed E-state index contributed by atoms with van der Waals surface area (Å²) in [6.07, 6.45) is 6.02. The first-order valence-electron chi connectivity index (χ1n) is 6.53. The number of hydrogen-bond donors (Lipinski definition) is 1. The van der Waals surface area contributed by atoms with E-state index < -0.39 is 0 Å². The molecule has 0 aromatic carbocycles. The highest BCUT2D eigenvalue weighted by molar-refractivity contribution is 4.98. The zero-order chi connectivity index (χ0) is 11.7. The van der Waals surface area contributed by atoms with Gasteiger partial charge in [0, 0.05) is 19.4 Å². The molecule has 1 aromatic rings. The van der Waals surface area contributed by atoms with Crippen molar-refractivity contribution in [3.63, 3.8) is 0 Å². The number of aliphatic hydroxyl groups excluding tert-OH is 1. The SMILES string of the molecule is OC1CCc2nc(CC3CCCCO3)nn2C1. The van der Waals surface area contributed by atoms with Gasteiger partial charge in [-0.1, -0.05) is 0 Å². The van der Waals surface area contributed by atoms with E-state index in [4.69, 9.17) is 4.74 Å². The van der Waals surface area contributed by atoms with Gasteiger partial charge in [0.05, 0.1) is 18.8 Å². The standard InChI is InChI=1S/C12H19N3O2/c16-9-4-5-12-13-11(14-15(12)8-9)7-10-3-1-2-6-17-10/h9-10,16H,1-8H2. The molecule has 0 bridgehead atoms. The van der Waals surface area contributed by atoms with E-state index in [-0.39, 0.29) is 12.2 Å². The Hall–Kier alpha value is -0.940. The Morgan fingerprint density at radius 3 is 3.12 bits per heavy atom. The maximum absolute atomic E-state index is 9.57. The highest BCUT2D eigenvalue weighted by atomic mass is 16.5. The molecular formula is C12H19N3O2. The molecule has 1 aromatic heterocycles. The molecule has 5 heteroatoms. The van der Waals surface area contributed by atoms with Crippen molar-refractivity contribution in [2.24, 2.45) is 0 Å². The molecule has 1 saturated heterocycles. The first kappa shape index (κ1) is 11.2. The van der Waals surface area contributed by atoms with Gasteiger partial charge in [0.2, 0.25) is 0 Å². The summed E-state index contributed by atoms with van der Waals surface area (Å²) < 4.78 is 7.55. The van der Waals surface area contributed by atoms with Crippen molar-refractivity contribution >= 4 is 0 Å². The number of fused-ring (bicyclic) bond motifs is 1. The van der Waals surface area contributed by atoms with Gasteiger partial charge in [-0.25, -0.2) is 9.67 Å². The van der Waals surface area contributed by atoms with Crippen molar-refractivity contribution in [2.45, 2.75) is 57.3 Å². The maximum atomic E-state index is 9.57. The number of rotatable bonds is 2. The van der Waals surface area contributed by atoms with Crippen molar-refractivity contribution in [1.82, 2.24) is 14.8 Å². The van der Waals surface area contributed by atoms with Gasteiger partial charge < -0.3 is 9.84 Å². The summed E-state index contributed by atoms with van der Waals surface area (Å²) in [5.74, 6) is 1.89. The Bertz CT molecular complexity index is 385. The predicted octanol–water partition coefficient (Wildman–Crippen LogP) is 0.697. The van der Waals surface area contributed by atoms with Crippen LogP contribution in [-0.4, -0.2) is 38.7 Å². The van der Waals surface area contributed by atoms with Crippen LogP contribution in [0.2, 0.25) is 0 Å². The minimum Gasteiger partial charge on any atom is -0.391 e. The molecule has 0 spiro atoms. The van der Waals surface area contributed by atoms with E-state index >= 15 is 0 Å². The average Bonchev–Trinajstić information content (AvgIpc) is 2.71. The molecule has 1 fully saturated rings. The quantitative estimate of drug-likeness (QED) is 0.822. The third kappa shape index (κ3) is 2.50. The Morgan fingerprint density at radius 2 is 2.29 bits per heavy atom. The van der Waals surface area contributed by atoms with E-state index in [9.17, 15) is 5.11 Å². The second-order valence-corrected chi connectivity index (χ2v) is 5.01. The fraction of sp³-hybridized carbons (Fsp3) is 0.833. The number of aryl methyl sites for hydroxylation is 1. The topological polar surface area (TPSA) is 60.2 Å². The van der Waals surface area contributed by atoms with Crippen molar-refractivity contribution in [3.8, 4) is 0 Å². The van der Waals surface area contributed by atoms with Gasteiger partial charge in [0.1, 0.15) is 5.82 Å². The van der Waals surface area contributed by atoms with Crippen LogP contribution in [0, 0.1) is 0 Å². The molecule has 0 aliphatic carbocycles. The predicted molar refractivity (Wildman–Crippen MR) is 61.6 cm³/mol. The molecule has 1 N–H and O–H groups in total. The highest BCUT2D eigenvalue weighted by Crippen LogP contribution is 2.18. The van der Waals surface area contributed by atoms with Gasteiger partial charge in [-0.15, -0.1) is 0 Å². The average molecular weight is 237 g/mol. The first-order valence-corrected chi connectivity index (χ1v) is 6.53. The van der Waals surface area contributed by atoms with Gasteiger partial charge in [-0.2, -0.15) is 5.10 Å². The van der Waals surface area contributed by atoms with Crippen LogP contribution in [0.5, 0.6) is 0 Å². The summed E-state index contributed by atoms with van der Waals surface area (Å²) in [5, 5.41) is 14.0. The van der Waals surface area contributed by atoms with Gasteiger partial charge in [-0.3, -0.25) is 0 Å². The lowest BCUT2D eigenvalue weighted by molar-refractivity contribution is 0.0156. The summed E-state index contributed by atoms with van der Waals surface area (Å²) in [5.41, 5.74) is 0. The van der Waals surface area contributed by atoms with Crippen LogP contribution in [0.15, 0.2) is 0 Å².